The van der Waals surface area contributed by atoms with Crippen LogP contribution in [-0.4, -0.2) is 32.3 Å². The summed E-state index contributed by atoms with van der Waals surface area (Å²) in [5.74, 6) is 0.955. The molecule has 1 aliphatic rings. The first-order chi connectivity index (χ1) is 11.0. The Hall–Kier alpha value is -2.11. The average Bonchev–Trinajstić information content (AvgIpc) is 3.10. The van der Waals surface area contributed by atoms with Crippen molar-refractivity contribution in [2.75, 3.05) is 6.54 Å². The Balaban J connectivity index is 2.05. The second-order valence-electron chi connectivity index (χ2n) is 6.28. The van der Waals surface area contributed by atoms with Crippen LogP contribution in [0, 0.1) is 13.8 Å². The molecule has 0 aliphatic carbocycles. The van der Waals surface area contributed by atoms with Crippen LogP contribution in [0.4, 0.5) is 0 Å². The third kappa shape index (κ3) is 2.78. The van der Waals surface area contributed by atoms with Crippen LogP contribution >= 0.6 is 0 Å². The van der Waals surface area contributed by atoms with E-state index in [1.54, 1.807) is 4.68 Å². The highest BCUT2D eigenvalue weighted by atomic mass is 16.5. The van der Waals surface area contributed by atoms with Gasteiger partial charge in [0.2, 0.25) is 5.91 Å². The molecule has 3 rings (SSSR count). The van der Waals surface area contributed by atoms with Crippen molar-refractivity contribution >= 4 is 5.91 Å². The topological polar surface area (TPSA) is 64.2 Å². The van der Waals surface area contributed by atoms with Gasteiger partial charge < -0.3 is 9.42 Å². The minimum Gasteiger partial charge on any atom is -0.356 e. The maximum absolute atomic E-state index is 12.3. The van der Waals surface area contributed by atoms with Gasteiger partial charge in [0.1, 0.15) is 0 Å². The maximum atomic E-state index is 12.3. The highest BCUT2D eigenvalue weighted by molar-refractivity contribution is 5.77. The van der Waals surface area contributed by atoms with E-state index in [2.05, 4.69) is 10.3 Å². The van der Waals surface area contributed by atoms with Gasteiger partial charge in [-0.05, 0) is 33.1 Å². The fourth-order valence-electron chi connectivity index (χ4n) is 3.31. The number of nitrogens with zero attached hydrogens (tertiary/aromatic N) is 4. The maximum Gasteiger partial charge on any atom is 0.222 e. The van der Waals surface area contributed by atoms with Crippen LogP contribution in [0.5, 0.6) is 0 Å². The third-order valence-corrected chi connectivity index (χ3v) is 4.70. The fraction of sp³-hybridized carbons (Fsp3) is 0.588. The lowest BCUT2D eigenvalue weighted by atomic mass is 9.95. The Bertz CT molecular complexity index is 716. The van der Waals surface area contributed by atoms with Gasteiger partial charge in [0.05, 0.1) is 23.0 Å². The number of likely N-dealkylation sites (tertiary alicyclic amines) is 1. The summed E-state index contributed by atoms with van der Waals surface area (Å²) in [5.41, 5.74) is 3.79. The van der Waals surface area contributed by atoms with Crippen LogP contribution in [0.15, 0.2) is 10.7 Å². The molecule has 1 aliphatic heterocycles. The van der Waals surface area contributed by atoms with E-state index in [0.717, 1.165) is 54.1 Å². The van der Waals surface area contributed by atoms with Crippen molar-refractivity contribution in [2.45, 2.75) is 52.5 Å². The molecule has 0 N–H and O–H groups in total. The molecule has 3 heterocycles. The number of hydrogen-bond acceptors (Lipinski definition) is 4. The quantitative estimate of drug-likeness (QED) is 0.872. The number of hydrogen-bond donors (Lipinski definition) is 0. The van der Waals surface area contributed by atoms with Crippen LogP contribution in [-0.2, 0) is 11.8 Å². The summed E-state index contributed by atoms with van der Waals surface area (Å²) in [6.45, 7) is 6.67. The third-order valence-electron chi connectivity index (χ3n) is 4.70. The van der Waals surface area contributed by atoms with Gasteiger partial charge in [0.25, 0.3) is 0 Å². The Kier molecular flexibility index (Phi) is 4.24. The van der Waals surface area contributed by atoms with Crippen molar-refractivity contribution in [1.82, 2.24) is 19.8 Å². The smallest absolute Gasteiger partial charge is 0.222 e. The number of carbonyl (C=O) groups is 1. The number of aromatic nitrogens is 3. The van der Waals surface area contributed by atoms with Crippen LogP contribution in [0.2, 0.25) is 0 Å². The standard InChI is InChI=1S/C17H24N4O2/c1-5-15(22)21-9-7-6-8-14(21)16-13(10-20(4)18-16)17-11(2)12(3)19-23-17/h10,14H,5-9H2,1-4H3/t14-/m0/s1. The number of amides is 1. The zero-order chi connectivity index (χ0) is 16.6. The molecular formula is C17H24N4O2. The molecule has 1 fully saturated rings. The predicted octanol–water partition coefficient (Wildman–Crippen LogP) is 3.16. The molecule has 0 unspecified atom stereocenters. The van der Waals surface area contributed by atoms with Crippen LogP contribution in [0.3, 0.4) is 0 Å². The summed E-state index contributed by atoms with van der Waals surface area (Å²) in [6, 6.07) is 0.0252. The van der Waals surface area contributed by atoms with E-state index in [9.17, 15) is 4.79 Å². The molecule has 1 atom stereocenters. The van der Waals surface area contributed by atoms with E-state index in [1.807, 2.05) is 38.9 Å². The molecule has 23 heavy (non-hydrogen) atoms. The van der Waals surface area contributed by atoms with Gasteiger partial charge in [-0.25, -0.2) is 0 Å². The fourth-order valence-corrected chi connectivity index (χ4v) is 3.31. The molecule has 2 aromatic heterocycles. The van der Waals surface area contributed by atoms with Gasteiger partial charge in [-0.1, -0.05) is 12.1 Å². The van der Waals surface area contributed by atoms with Crippen LogP contribution < -0.4 is 0 Å². The first-order valence-electron chi connectivity index (χ1n) is 8.29. The Morgan fingerprint density at radius 3 is 2.83 bits per heavy atom. The highest BCUT2D eigenvalue weighted by Gasteiger charge is 2.32. The van der Waals surface area contributed by atoms with Crippen molar-refractivity contribution in [3.05, 3.63) is 23.1 Å². The first-order valence-corrected chi connectivity index (χ1v) is 8.29. The number of rotatable bonds is 3. The second-order valence-corrected chi connectivity index (χ2v) is 6.28. The van der Waals surface area contributed by atoms with Crippen molar-refractivity contribution in [3.63, 3.8) is 0 Å². The molecule has 6 nitrogen and oxygen atoms in total. The van der Waals surface area contributed by atoms with E-state index in [1.165, 1.54) is 0 Å². The lowest BCUT2D eigenvalue weighted by molar-refractivity contribution is -0.134. The van der Waals surface area contributed by atoms with Crippen molar-refractivity contribution in [3.8, 4) is 11.3 Å². The summed E-state index contributed by atoms with van der Waals surface area (Å²) < 4.78 is 7.34. The summed E-state index contributed by atoms with van der Waals surface area (Å²) >= 11 is 0. The summed E-state index contributed by atoms with van der Waals surface area (Å²) in [5, 5.41) is 8.73. The summed E-state index contributed by atoms with van der Waals surface area (Å²) in [7, 11) is 1.90. The summed E-state index contributed by atoms with van der Waals surface area (Å²) in [4.78, 5) is 14.3. The monoisotopic (exact) mass is 316 g/mol. The molecule has 2 aromatic rings. The number of carbonyl (C=O) groups excluding carboxylic acids is 1. The normalized spacial score (nSPS) is 18.4. The Morgan fingerprint density at radius 1 is 1.39 bits per heavy atom. The molecule has 0 bridgehead atoms. The summed E-state index contributed by atoms with van der Waals surface area (Å²) in [6.07, 6.45) is 5.61. The minimum absolute atomic E-state index is 0.0252. The van der Waals surface area contributed by atoms with Gasteiger partial charge in [0.15, 0.2) is 5.76 Å². The van der Waals surface area contributed by atoms with Crippen molar-refractivity contribution < 1.29 is 9.32 Å². The number of aryl methyl sites for hydroxylation is 2. The van der Waals surface area contributed by atoms with E-state index >= 15 is 0 Å². The molecule has 6 heteroatoms. The number of piperidine rings is 1. The molecule has 1 amide bonds. The highest BCUT2D eigenvalue weighted by Crippen LogP contribution is 2.37. The first kappa shape index (κ1) is 15.8. The van der Waals surface area contributed by atoms with E-state index in [4.69, 9.17) is 4.52 Å². The molecular weight excluding hydrogens is 292 g/mol. The predicted molar refractivity (Wildman–Crippen MR) is 86.8 cm³/mol. The van der Waals surface area contributed by atoms with Crippen LogP contribution in [0.25, 0.3) is 11.3 Å². The van der Waals surface area contributed by atoms with Gasteiger partial charge in [-0.2, -0.15) is 5.10 Å². The Morgan fingerprint density at radius 2 is 2.17 bits per heavy atom. The van der Waals surface area contributed by atoms with Crippen molar-refractivity contribution in [1.29, 1.82) is 0 Å². The molecule has 0 aromatic carbocycles. The molecule has 0 saturated carbocycles. The minimum atomic E-state index is 0.0252. The van der Waals surface area contributed by atoms with Crippen LogP contribution in [0.1, 0.15) is 55.6 Å². The van der Waals surface area contributed by atoms with E-state index in [-0.39, 0.29) is 11.9 Å². The van der Waals surface area contributed by atoms with E-state index < -0.39 is 0 Å². The zero-order valence-electron chi connectivity index (χ0n) is 14.3. The lowest BCUT2D eigenvalue weighted by Gasteiger charge is -2.35. The largest absolute Gasteiger partial charge is 0.356 e. The van der Waals surface area contributed by atoms with Gasteiger partial charge in [-0.15, -0.1) is 0 Å². The second kappa shape index (κ2) is 6.18. The van der Waals surface area contributed by atoms with Crippen molar-refractivity contribution in [2.24, 2.45) is 7.05 Å². The zero-order valence-corrected chi connectivity index (χ0v) is 14.3. The van der Waals surface area contributed by atoms with E-state index in [0.29, 0.717) is 6.42 Å². The lowest BCUT2D eigenvalue weighted by Crippen LogP contribution is -2.38. The van der Waals surface area contributed by atoms with Gasteiger partial charge >= 0.3 is 0 Å². The molecule has 0 spiro atoms. The van der Waals surface area contributed by atoms with Gasteiger partial charge in [0, 0.05) is 31.8 Å². The molecule has 124 valence electrons. The Labute approximate surface area is 136 Å². The molecule has 1 saturated heterocycles. The SMILES string of the molecule is CCC(=O)N1CCCC[C@H]1c1nn(C)cc1-c1onc(C)c1C. The van der Waals surface area contributed by atoms with Gasteiger partial charge in [-0.3, -0.25) is 9.48 Å². The average molecular weight is 316 g/mol. The molecule has 0 radical (unpaired) electrons.